The first-order chi connectivity index (χ1) is 9.23. The number of aliphatic carboxylic acids is 1. The summed E-state index contributed by atoms with van der Waals surface area (Å²) in [5, 5.41) is 8.97. The van der Waals surface area contributed by atoms with E-state index in [1.807, 2.05) is 20.8 Å². The van der Waals surface area contributed by atoms with Crippen molar-refractivity contribution in [3.05, 3.63) is 12.8 Å². The van der Waals surface area contributed by atoms with Gasteiger partial charge < -0.3 is 9.84 Å². The Bertz CT molecular complexity index is 365. The van der Waals surface area contributed by atoms with Crippen molar-refractivity contribution >= 4 is 12.1 Å². The van der Waals surface area contributed by atoms with Crippen LogP contribution in [0.4, 0.5) is 4.79 Å². The molecule has 1 aliphatic rings. The highest BCUT2D eigenvalue weighted by atomic mass is 16.6. The van der Waals surface area contributed by atoms with Crippen LogP contribution in [-0.2, 0) is 9.53 Å². The summed E-state index contributed by atoms with van der Waals surface area (Å²) >= 11 is 0. The normalized spacial score (nSPS) is 22.9. The second-order valence-corrected chi connectivity index (χ2v) is 6.37. The summed E-state index contributed by atoms with van der Waals surface area (Å²) in [6.07, 6.45) is 4.09. The number of carboxylic acids is 1. The molecule has 5 nitrogen and oxygen atoms in total. The van der Waals surface area contributed by atoms with Gasteiger partial charge in [-0.3, -0.25) is 9.69 Å². The van der Waals surface area contributed by atoms with Crippen LogP contribution in [0.3, 0.4) is 0 Å². The Morgan fingerprint density at radius 1 is 1.30 bits per heavy atom. The highest BCUT2D eigenvalue weighted by Crippen LogP contribution is 2.29. The molecule has 1 saturated carbocycles. The molecule has 0 radical (unpaired) electrons. The van der Waals surface area contributed by atoms with E-state index < -0.39 is 17.7 Å². The molecule has 5 heteroatoms. The van der Waals surface area contributed by atoms with Crippen LogP contribution >= 0.6 is 0 Å². The number of nitrogens with zero attached hydrogens (tertiary/aromatic N) is 1. The Morgan fingerprint density at radius 2 is 1.85 bits per heavy atom. The fourth-order valence-electron chi connectivity index (χ4n) is 2.41. The Hall–Kier alpha value is -1.52. The van der Waals surface area contributed by atoms with E-state index >= 15 is 0 Å². The maximum Gasteiger partial charge on any atom is 0.414 e. The summed E-state index contributed by atoms with van der Waals surface area (Å²) in [4.78, 5) is 24.4. The maximum atomic E-state index is 12.0. The van der Waals surface area contributed by atoms with E-state index in [-0.39, 0.29) is 5.92 Å². The summed E-state index contributed by atoms with van der Waals surface area (Å²) in [5.74, 6) is -0.628. The third-order valence-electron chi connectivity index (χ3n) is 3.50. The first kappa shape index (κ1) is 16.5. The van der Waals surface area contributed by atoms with Gasteiger partial charge in [-0.1, -0.05) is 6.58 Å². The molecule has 0 saturated heterocycles. The molecule has 1 fully saturated rings. The van der Waals surface area contributed by atoms with Crippen molar-refractivity contribution in [1.82, 2.24) is 4.90 Å². The average Bonchev–Trinajstić information content (AvgIpc) is 2.34. The summed E-state index contributed by atoms with van der Waals surface area (Å²) < 4.78 is 5.31. The van der Waals surface area contributed by atoms with Crippen molar-refractivity contribution in [1.29, 1.82) is 0 Å². The van der Waals surface area contributed by atoms with E-state index in [2.05, 4.69) is 6.58 Å². The number of carbonyl (C=O) groups excluding carboxylic acids is 1. The smallest absolute Gasteiger partial charge is 0.414 e. The van der Waals surface area contributed by atoms with Crippen LogP contribution in [0.5, 0.6) is 0 Å². The molecule has 114 valence electrons. The van der Waals surface area contributed by atoms with Gasteiger partial charge in [0.25, 0.3) is 0 Å². The number of carbonyl (C=O) groups is 2. The van der Waals surface area contributed by atoms with Crippen molar-refractivity contribution in [2.45, 2.75) is 52.1 Å². The number of rotatable bonds is 4. The summed E-state index contributed by atoms with van der Waals surface area (Å²) in [7, 11) is 0. The average molecular weight is 283 g/mol. The maximum absolute atomic E-state index is 12.0. The van der Waals surface area contributed by atoms with Crippen LogP contribution in [0.25, 0.3) is 0 Å². The molecule has 1 aliphatic carbocycles. The first-order valence-electron chi connectivity index (χ1n) is 7.08. The molecule has 0 aromatic heterocycles. The molecular weight excluding hydrogens is 258 g/mol. The van der Waals surface area contributed by atoms with Crippen molar-refractivity contribution < 1.29 is 19.4 Å². The standard InChI is InChI=1S/C15H25NO4/c1-5-16(14(19)20-15(2,3)4)10-11-6-8-12(9-7-11)13(17)18/h5,11-12H,1,6-10H2,2-4H3,(H,17,18). The number of ether oxygens (including phenoxy) is 1. The van der Waals surface area contributed by atoms with Crippen LogP contribution in [0.1, 0.15) is 46.5 Å². The van der Waals surface area contributed by atoms with Gasteiger partial charge in [0.2, 0.25) is 0 Å². The molecule has 1 N–H and O–H groups in total. The molecule has 20 heavy (non-hydrogen) atoms. The second kappa shape index (κ2) is 6.77. The summed E-state index contributed by atoms with van der Waals surface area (Å²) in [6.45, 7) is 9.67. The number of amides is 1. The van der Waals surface area contributed by atoms with Gasteiger partial charge in [0.1, 0.15) is 5.60 Å². The predicted molar refractivity (Wildman–Crippen MR) is 76.2 cm³/mol. The van der Waals surface area contributed by atoms with Crippen molar-refractivity contribution in [2.75, 3.05) is 6.54 Å². The van der Waals surface area contributed by atoms with E-state index in [0.717, 1.165) is 12.8 Å². The Balaban J connectivity index is 2.48. The summed E-state index contributed by atoms with van der Waals surface area (Å²) in [6, 6.07) is 0. The molecule has 1 rings (SSSR count). The largest absolute Gasteiger partial charge is 0.481 e. The number of carboxylic acid groups (broad SMARTS) is 1. The van der Waals surface area contributed by atoms with Crippen LogP contribution in [-0.4, -0.2) is 34.2 Å². The molecule has 0 heterocycles. The molecule has 0 bridgehead atoms. The van der Waals surface area contributed by atoms with E-state index in [9.17, 15) is 9.59 Å². The predicted octanol–water partition coefficient (Wildman–Crippen LogP) is 3.26. The molecule has 1 amide bonds. The minimum Gasteiger partial charge on any atom is -0.481 e. The van der Waals surface area contributed by atoms with Gasteiger partial charge in [0, 0.05) is 12.7 Å². The highest BCUT2D eigenvalue weighted by Gasteiger charge is 2.28. The Labute approximate surface area is 120 Å². The third kappa shape index (κ3) is 5.23. The van der Waals surface area contributed by atoms with Crippen LogP contribution in [0.2, 0.25) is 0 Å². The molecule has 0 aromatic carbocycles. The van der Waals surface area contributed by atoms with Gasteiger partial charge in [-0.25, -0.2) is 4.79 Å². The lowest BCUT2D eigenvalue weighted by atomic mass is 9.82. The zero-order valence-electron chi connectivity index (χ0n) is 12.6. The third-order valence-corrected chi connectivity index (χ3v) is 3.50. The fourth-order valence-corrected chi connectivity index (χ4v) is 2.41. The quantitative estimate of drug-likeness (QED) is 0.860. The lowest BCUT2D eigenvalue weighted by Crippen LogP contribution is -2.37. The van der Waals surface area contributed by atoms with Gasteiger partial charge in [-0.2, -0.15) is 0 Å². The van der Waals surface area contributed by atoms with Gasteiger partial charge in [-0.15, -0.1) is 0 Å². The SMILES string of the molecule is C=CN(CC1CCC(C(=O)O)CC1)C(=O)OC(C)(C)C. The number of hydrogen-bond donors (Lipinski definition) is 1. The molecule has 0 atom stereocenters. The molecule has 0 aliphatic heterocycles. The van der Waals surface area contributed by atoms with E-state index in [0.29, 0.717) is 25.3 Å². The molecular formula is C15H25NO4. The van der Waals surface area contributed by atoms with E-state index in [4.69, 9.17) is 9.84 Å². The minimum atomic E-state index is -0.712. The topological polar surface area (TPSA) is 66.8 Å². The monoisotopic (exact) mass is 283 g/mol. The van der Waals surface area contributed by atoms with Gasteiger partial charge in [-0.05, 0) is 52.4 Å². The lowest BCUT2D eigenvalue weighted by Gasteiger charge is -2.31. The van der Waals surface area contributed by atoms with E-state index in [1.54, 1.807) is 0 Å². The molecule has 0 unspecified atom stereocenters. The Kier molecular flexibility index (Phi) is 5.60. The molecule has 0 aromatic rings. The second-order valence-electron chi connectivity index (χ2n) is 6.37. The van der Waals surface area contributed by atoms with Crippen molar-refractivity contribution in [3.63, 3.8) is 0 Å². The fraction of sp³-hybridized carbons (Fsp3) is 0.733. The van der Waals surface area contributed by atoms with Gasteiger partial charge >= 0.3 is 12.1 Å². The van der Waals surface area contributed by atoms with Crippen LogP contribution in [0, 0.1) is 11.8 Å². The van der Waals surface area contributed by atoms with Crippen LogP contribution < -0.4 is 0 Å². The Morgan fingerprint density at radius 3 is 2.25 bits per heavy atom. The molecule has 0 spiro atoms. The summed E-state index contributed by atoms with van der Waals surface area (Å²) in [5.41, 5.74) is -0.528. The van der Waals surface area contributed by atoms with Crippen LogP contribution in [0.15, 0.2) is 12.8 Å². The van der Waals surface area contributed by atoms with Crippen molar-refractivity contribution in [2.24, 2.45) is 11.8 Å². The zero-order valence-corrected chi connectivity index (χ0v) is 12.6. The lowest BCUT2D eigenvalue weighted by molar-refractivity contribution is -0.143. The van der Waals surface area contributed by atoms with Crippen molar-refractivity contribution in [3.8, 4) is 0 Å². The zero-order chi connectivity index (χ0) is 15.3. The van der Waals surface area contributed by atoms with Gasteiger partial charge in [0.15, 0.2) is 0 Å². The number of hydrogen-bond acceptors (Lipinski definition) is 3. The minimum absolute atomic E-state index is 0.232. The first-order valence-corrected chi connectivity index (χ1v) is 7.08. The van der Waals surface area contributed by atoms with E-state index in [1.165, 1.54) is 11.1 Å². The highest BCUT2D eigenvalue weighted by molar-refractivity contribution is 5.70. The van der Waals surface area contributed by atoms with Gasteiger partial charge in [0.05, 0.1) is 5.92 Å².